The molecule has 1 N–H and O–H groups in total. The van der Waals surface area contributed by atoms with E-state index in [1.807, 2.05) is 0 Å². The number of thiol groups is 1. The second-order valence-electron chi connectivity index (χ2n) is 3.62. The van der Waals surface area contributed by atoms with Crippen molar-refractivity contribution in [1.82, 2.24) is 10.2 Å². The highest BCUT2D eigenvalue weighted by molar-refractivity contribution is 7.80. The third-order valence-corrected chi connectivity index (χ3v) is 3.13. The minimum Gasteiger partial charge on any atom is -0.314 e. The van der Waals surface area contributed by atoms with Gasteiger partial charge in [-0.1, -0.05) is 0 Å². The summed E-state index contributed by atoms with van der Waals surface area (Å²) in [5.41, 5.74) is 0. The lowest BCUT2D eigenvalue weighted by molar-refractivity contribution is 0.148. The lowest BCUT2D eigenvalue weighted by atomic mass is 10.2. The highest BCUT2D eigenvalue weighted by atomic mass is 32.1. The predicted molar refractivity (Wildman–Crippen MR) is 50.0 cm³/mol. The number of hydrogen-bond acceptors (Lipinski definition) is 3. The van der Waals surface area contributed by atoms with Crippen LogP contribution in [0.2, 0.25) is 0 Å². The van der Waals surface area contributed by atoms with Crippen molar-refractivity contribution in [2.75, 3.05) is 13.1 Å². The van der Waals surface area contributed by atoms with Crippen molar-refractivity contribution in [1.29, 1.82) is 0 Å². The van der Waals surface area contributed by atoms with Crippen molar-refractivity contribution in [3.63, 3.8) is 0 Å². The number of rotatable bonds is 1. The quantitative estimate of drug-likeness (QED) is 0.566. The molecule has 2 fully saturated rings. The number of nitrogens with one attached hydrogen (secondary N) is 1. The zero-order chi connectivity index (χ0) is 7.84. The van der Waals surface area contributed by atoms with Crippen LogP contribution in [0.3, 0.4) is 0 Å². The molecule has 0 aromatic heterocycles. The molecule has 0 amide bonds. The summed E-state index contributed by atoms with van der Waals surface area (Å²) in [7, 11) is 0. The summed E-state index contributed by atoms with van der Waals surface area (Å²) in [5, 5.41) is 3.90. The Balaban J connectivity index is 2.09. The summed E-state index contributed by atoms with van der Waals surface area (Å²) >= 11 is 4.50. The van der Waals surface area contributed by atoms with E-state index in [1.165, 1.54) is 25.9 Å². The van der Waals surface area contributed by atoms with E-state index in [-0.39, 0.29) is 0 Å². The molecule has 2 aliphatic heterocycles. The monoisotopic (exact) mass is 172 g/mol. The summed E-state index contributed by atoms with van der Waals surface area (Å²) in [4.78, 5) is 2.56. The third-order valence-electron chi connectivity index (χ3n) is 2.87. The van der Waals surface area contributed by atoms with E-state index in [9.17, 15) is 0 Å². The van der Waals surface area contributed by atoms with Crippen LogP contribution in [0.15, 0.2) is 0 Å². The van der Waals surface area contributed by atoms with Crippen LogP contribution in [0, 0.1) is 0 Å². The van der Waals surface area contributed by atoms with Crippen LogP contribution in [0.25, 0.3) is 0 Å². The molecule has 0 saturated carbocycles. The highest BCUT2D eigenvalue weighted by Crippen LogP contribution is 2.29. The third kappa shape index (κ3) is 1.30. The smallest absolute Gasteiger partial charge is 0.0505 e. The summed E-state index contributed by atoms with van der Waals surface area (Å²) in [6.45, 7) is 4.52. The number of piperazine rings is 1. The summed E-state index contributed by atoms with van der Waals surface area (Å²) in [6, 6.07) is 1.53. The van der Waals surface area contributed by atoms with Crippen molar-refractivity contribution in [2.45, 2.75) is 37.2 Å². The molecule has 0 aliphatic carbocycles. The number of nitrogens with zero attached hydrogens (tertiary/aromatic N) is 1. The van der Waals surface area contributed by atoms with E-state index in [2.05, 4.69) is 29.8 Å². The molecule has 0 aromatic carbocycles. The van der Waals surface area contributed by atoms with Crippen molar-refractivity contribution in [2.24, 2.45) is 0 Å². The van der Waals surface area contributed by atoms with Gasteiger partial charge in [0, 0.05) is 25.2 Å². The molecule has 0 spiro atoms. The summed E-state index contributed by atoms with van der Waals surface area (Å²) in [5.74, 6) is 0. The molecule has 0 radical (unpaired) electrons. The molecule has 0 aromatic rings. The van der Waals surface area contributed by atoms with Crippen LogP contribution in [-0.2, 0) is 0 Å². The highest BCUT2D eigenvalue weighted by Gasteiger charge is 2.37. The molecule has 2 heterocycles. The molecule has 3 atom stereocenters. The van der Waals surface area contributed by atoms with Gasteiger partial charge in [-0.25, -0.2) is 0 Å². The van der Waals surface area contributed by atoms with E-state index < -0.39 is 0 Å². The average molecular weight is 172 g/mol. The van der Waals surface area contributed by atoms with Gasteiger partial charge in [-0.15, -0.1) is 0 Å². The van der Waals surface area contributed by atoms with Gasteiger partial charge in [-0.3, -0.25) is 4.90 Å². The van der Waals surface area contributed by atoms with Crippen LogP contribution >= 0.6 is 12.6 Å². The van der Waals surface area contributed by atoms with Gasteiger partial charge in [-0.2, -0.15) is 12.6 Å². The number of fused-ring (bicyclic) bond motifs is 2. The molecule has 64 valence electrons. The van der Waals surface area contributed by atoms with Crippen LogP contribution in [0.1, 0.15) is 19.8 Å². The maximum absolute atomic E-state index is 4.50. The van der Waals surface area contributed by atoms with Crippen molar-refractivity contribution in [3.05, 3.63) is 0 Å². The Hall–Kier alpha value is 0.270. The summed E-state index contributed by atoms with van der Waals surface area (Å²) < 4.78 is 0. The van der Waals surface area contributed by atoms with Gasteiger partial charge in [0.1, 0.15) is 0 Å². The van der Waals surface area contributed by atoms with E-state index in [0.717, 1.165) is 12.1 Å². The Morgan fingerprint density at radius 2 is 1.91 bits per heavy atom. The molecule has 2 saturated heterocycles. The van der Waals surface area contributed by atoms with Crippen LogP contribution < -0.4 is 5.32 Å². The van der Waals surface area contributed by atoms with E-state index in [0.29, 0.717) is 5.37 Å². The first-order valence-electron chi connectivity index (χ1n) is 4.45. The Morgan fingerprint density at radius 1 is 1.36 bits per heavy atom. The zero-order valence-corrected chi connectivity index (χ0v) is 7.85. The fourth-order valence-corrected chi connectivity index (χ4v) is 2.80. The van der Waals surface area contributed by atoms with E-state index in [4.69, 9.17) is 0 Å². The maximum Gasteiger partial charge on any atom is 0.0505 e. The normalized spacial score (nSPS) is 40.9. The van der Waals surface area contributed by atoms with Gasteiger partial charge in [0.05, 0.1) is 5.37 Å². The molecular weight excluding hydrogens is 156 g/mol. The van der Waals surface area contributed by atoms with Gasteiger partial charge >= 0.3 is 0 Å². The SMILES string of the molecule is C[C@H](S)N1C2CCC1CNC2. The van der Waals surface area contributed by atoms with Crippen molar-refractivity contribution in [3.8, 4) is 0 Å². The molecule has 2 bridgehead atoms. The molecular formula is C8H16N2S. The lowest BCUT2D eigenvalue weighted by Gasteiger charge is -2.37. The second-order valence-corrected chi connectivity index (χ2v) is 4.37. The zero-order valence-electron chi connectivity index (χ0n) is 6.95. The molecule has 2 nitrogen and oxygen atoms in total. The topological polar surface area (TPSA) is 15.3 Å². The van der Waals surface area contributed by atoms with Gasteiger partial charge in [0.25, 0.3) is 0 Å². The van der Waals surface area contributed by atoms with Gasteiger partial charge in [-0.05, 0) is 19.8 Å². The average Bonchev–Trinajstić information content (AvgIpc) is 2.23. The maximum atomic E-state index is 4.50. The molecule has 3 heteroatoms. The molecule has 2 aliphatic rings. The minimum atomic E-state index is 0.439. The first-order chi connectivity index (χ1) is 5.29. The summed E-state index contributed by atoms with van der Waals surface area (Å²) in [6.07, 6.45) is 2.73. The van der Waals surface area contributed by atoms with Crippen molar-refractivity contribution < 1.29 is 0 Å². The van der Waals surface area contributed by atoms with E-state index >= 15 is 0 Å². The first kappa shape index (κ1) is 7.90. The van der Waals surface area contributed by atoms with E-state index in [1.54, 1.807) is 0 Å². The largest absolute Gasteiger partial charge is 0.314 e. The standard InChI is InChI=1S/C8H16N2S/c1-6(11)10-7-2-3-8(10)5-9-4-7/h6-9,11H,2-5H2,1H3/t6-,7?,8?/m0/s1. The predicted octanol–water partition coefficient (Wildman–Crippen LogP) is 0.698. The second kappa shape index (κ2) is 2.96. The number of hydrogen-bond donors (Lipinski definition) is 2. The molecule has 2 unspecified atom stereocenters. The van der Waals surface area contributed by atoms with Crippen molar-refractivity contribution >= 4 is 12.6 Å². The molecule has 11 heavy (non-hydrogen) atoms. The van der Waals surface area contributed by atoms with Gasteiger partial charge < -0.3 is 5.32 Å². The Labute approximate surface area is 73.7 Å². The van der Waals surface area contributed by atoms with Crippen LogP contribution in [0.5, 0.6) is 0 Å². The Morgan fingerprint density at radius 3 is 2.27 bits per heavy atom. The first-order valence-corrected chi connectivity index (χ1v) is 4.97. The fourth-order valence-electron chi connectivity index (χ4n) is 2.42. The van der Waals surface area contributed by atoms with Gasteiger partial charge in [0.2, 0.25) is 0 Å². The Bertz CT molecular complexity index is 133. The van der Waals surface area contributed by atoms with Gasteiger partial charge in [0.15, 0.2) is 0 Å². The molecule has 2 rings (SSSR count). The van der Waals surface area contributed by atoms with Crippen LogP contribution in [-0.4, -0.2) is 35.4 Å². The minimum absolute atomic E-state index is 0.439. The van der Waals surface area contributed by atoms with Crippen LogP contribution in [0.4, 0.5) is 0 Å². The Kier molecular flexibility index (Phi) is 2.12. The fraction of sp³-hybridized carbons (Fsp3) is 1.00. The lowest BCUT2D eigenvalue weighted by Crippen LogP contribution is -2.53.